The molecule has 156 valence electrons. The molecule has 1 aliphatic heterocycles. The fourth-order valence-electron chi connectivity index (χ4n) is 3.46. The first-order valence-electron chi connectivity index (χ1n) is 9.95. The van der Waals surface area contributed by atoms with E-state index >= 15 is 0 Å². The van der Waals surface area contributed by atoms with Crippen LogP contribution in [0.1, 0.15) is 22.5 Å². The normalized spacial score (nSPS) is 15.1. The van der Waals surface area contributed by atoms with Gasteiger partial charge in [-0.2, -0.15) is 0 Å². The molecule has 1 saturated heterocycles. The fourth-order valence-corrected chi connectivity index (χ4v) is 4.33. The Morgan fingerprint density at radius 2 is 2.00 bits per heavy atom. The molecular weight excluding hydrogens is 401 g/mol. The lowest BCUT2D eigenvalue weighted by atomic mass is 10.2. The molecule has 0 unspecified atom stereocenters. The van der Waals surface area contributed by atoms with Gasteiger partial charge in [-0.05, 0) is 56.4 Å². The molecule has 0 atom stereocenters. The fraction of sp³-hybridized carbons (Fsp3) is 0.318. The Hall–Kier alpha value is -2.84. The SMILES string of the molecule is CN1CCCN(c2nc(CN(C(=O)c3cccnc3)c3ccc(F)cc3)cs2)CC1. The van der Waals surface area contributed by atoms with Crippen LogP contribution in [0.3, 0.4) is 0 Å². The van der Waals surface area contributed by atoms with Gasteiger partial charge in [0, 0.05) is 43.1 Å². The summed E-state index contributed by atoms with van der Waals surface area (Å²) < 4.78 is 13.4. The minimum absolute atomic E-state index is 0.194. The van der Waals surface area contributed by atoms with Crippen molar-refractivity contribution < 1.29 is 9.18 Å². The van der Waals surface area contributed by atoms with Crippen LogP contribution in [0.25, 0.3) is 0 Å². The second-order valence-electron chi connectivity index (χ2n) is 7.37. The number of halogens is 1. The van der Waals surface area contributed by atoms with Crippen LogP contribution in [0.2, 0.25) is 0 Å². The van der Waals surface area contributed by atoms with Gasteiger partial charge in [-0.1, -0.05) is 0 Å². The molecular formula is C22H24FN5OS. The molecule has 3 aromatic rings. The molecule has 4 rings (SSSR count). The van der Waals surface area contributed by atoms with Crippen molar-refractivity contribution in [1.82, 2.24) is 14.9 Å². The van der Waals surface area contributed by atoms with Crippen LogP contribution < -0.4 is 9.80 Å². The molecule has 1 fully saturated rings. The van der Waals surface area contributed by atoms with Crippen molar-refractivity contribution in [3.63, 3.8) is 0 Å². The van der Waals surface area contributed by atoms with Crippen molar-refractivity contribution in [3.8, 4) is 0 Å². The molecule has 30 heavy (non-hydrogen) atoms. The Bertz CT molecular complexity index is 979. The number of carbonyl (C=O) groups excluding carboxylic acids is 1. The van der Waals surface area contributed by atoms with E-state index in [1.54, 1.807) is 52.9 Å². The van der Waals surface area contributed by atoms with Crippen LogP contribution in [-0.2, 0) is 6.54 Å². The summed E-state index contributed by atoms with van der Waals surface area (Å²) in [6, 6.07) is 9.40. The largest absolute Gasteiger partial charge is 0.347 e. The van der Waals surface area contributed by atoms with Gasteiger partial charge in [0.2, 0.25) is 0 Å². The quantitative estimate of drug-likeness (QED) is 0.624. The van der Waals surface area contributed by atoms with E-state index in [1.165, 1.54) is 12.1 Å². The number of hydrogen-bond acceptors (Lipinski definition) is 6. The number of benzene rings is 1. The molecule has 0 aliphatic carbocycles. The molecule has 0 bridgehead atoms. The highest BCUT2D eigenvalue weighted by Gasteiger charge is 2.21. The zero-order chi connectivity index (χ0) is 20.9. The molecule has 0 saturated carbocycles. The number of amides is 1. The molecule has 1 aromatic carbocycles. The number of rotatable bonds is 5. The number of hydrogen-bond donors (Lipinski definition) is 0. The van der Waals surface area contributed by atoms with Crippen molar-refractivity contribution in [3.05, 3.63) is 71.2 Å². The summed E-state index contributed by atoms with van der Waals surface area (Å²) in [6.07, 6.45) is 4.27. The van der Waals surface area contributed by atoms with Gasteiger partial charge < -0.3 is 14.7 Å². The topological polar surface area (TPSA) is 52.6 Å². The lowest BCUT2D eigenvalue weighted by Gasteiger charge is -2.22. The van der Waals surface area contributed by atoms with Crippen molar-refractivity contribution in [2.75, 3.05) is 43.0 Å². The number of nitrogens with zero attached hydrogens (tertiary/aromatic N) is 5. The van der Waals surface area contributed by atoms with Crippen molar-refractivity contribution in [2.24, 2.45) is 0 Å². The van der Waals surface area contributed by atoms with Crippen molar-refractivity contribution >= 4 is 28.1 Å². The van der Waals surface area contributed by atoms with E-state index in [-0.39, 0.29) is 11.7 Å². The number of aromatic nitrogens is 2. The van der Waals surface area contributed by atoms with Gasteiger partial charge in [-0.3, -0.25) is 9.78 Å². The third kappa shape index (κ3) is 4.83. The van der Waals surface area contributed by atoms with Crippen LogP contribution in [0.4, 0.5) is 15.2 Å². The predicted molar refractivity (Wildman–Crippen MR) is 118 cm³/mol. The lowest BCUT2D eigenvalue weighted by Crippen LogP contribution is -2.31. The van der Waals surface area contributed by atoms with Crippen LogP contribution in [-0.4, -0.2) is 54.0 Å². The summed E-state index contributed by atoms with van der Waals surface area (Å²) >= 11 is 1.60. The average Bonchev–Trinajstić information content (AvgIpc) is 3.13. The van der Waals surface area contributed by atoms with Gasteiger partial charge in [-0.25, -0.2) is 9.37 Å². The smallest absolute Gasteiger partial charge is 0.260 e. The highest BCUT2D eigenvalue weighted by Crippen LogP contribution is 2.25. The molecule has 0 N–H and O–H groups in total. The van der Waals surface area contributed by atoms with E-state index in [2.05, 4.69) is 21.8 Å². The third-order valence-corrected chi connectivity index (χ3v) is 6.09. The van der Waals surface area contributed by atoms with Gasteiger partial charge in [0.25, 0.3) is 5.91 Å². The van der Waals surface area contributed by atoms with Crippen LogP contribution in [0.5, 0.6) is 0 Å². The molecule has 1 amide bonds. The highest BCUT2D eigenvalue weighted by molar-refractivity contribution is 7.13. The molecule has 0 spiro atoms. The monoisotopic (exact) mass is 425 g/mol. The molecule has 2 aromatic heterocycles. The van der Waals surface area contributed by atoms with Crippen LogP contribution in [0, 0.1) is 5.82 Å². The summed E-state index contributed by atoms with van der Waals surface area (Å²) in [4.78, 5) is 28.3. The minimum Gasteiger partial charge on any atom is -0.347 e. The first-order chi connectivity index (χ1) is 14.6. The van der Waals surface area contributed by atoms with E-state index in [0.29, 0.717) is 17.8 Å². The summed E-state index contributed by atoms with van der Waals surface area (Å²) in [6.45, 7) is 4.33. The predicted octanol–water partition coefficient (Wildman–Crippen LogP) is 3.67. The maximum atomic E-state index is 13.4. The maximum Gasteiger partial charge on any atom is 0.260 e. The van der Waals surface area contributed by atoms with E-state index in [1.807, 2.05) is 5.38 Å². The summed E-state index contributed by atoms with van der Waals surface area (Å²) in [5, 5.41) is 2.98. The summed E-state index contributed by atoms with van der Waals surface area (Å²) in [5.41, 5.74) is 1.92. The van der Waals surface area contributed by atoms with E-state index in [0.717, 1.165) is 43.4 Å². The first kappa shape index (κ1) is 20.4. The Morgan fingerprint density at radius 3 is 2.77 bits per heavy atom. The molecule has 0 radical (unpaired) electrons. The second-order valence-corrected chi connectivity index (χ2v) is 8.21. The molecule has 3 heterocycles. The van der Waals surface area contributed by atoms with Crippen molar-refractivity contribution in [2.45, 2.75) is 13.0 Å². The van der Waals surface area contributed by atoms with E-state index in [9.17, 15) is 9.18 Å². The zero-order valence-electron chi connectivity index (χ0n) is 16.9. The molecule has 6 nitrogen and oxygen atoms in total. The highest BCUT2D eigenvalue weighted by atomic mass is 32.1. The number of carbonyl (C=O) groups is 1. The Balaban J connectivity index is 1.57. The summed E-state index contributed by atoms with van der Waals surface area (Å²) in [5.74, 6) is -0.532. The molecule has 1 aliphatic rings. The zero-order valence-corrected chi connectivity index (χ0v) is 17.7. The van der Waals surface area contributed by atoms with Gasteiger partial charge in [0.05, 0.1) is 17.8 Å². The number of anilines is 2. The number of thiazole rings is 1. The van der Waals surface area contributed by atoms with Crippen molar-refractivity contribution in [1.29, 1.82) is 0 Å². The minimum atomic E-state index is -0.338. The third-order valence-electron chi connectivity index (χ3n) is 5.14. The van der Waals surface area contributed by atoms with Crippen LogP contribution in [0.15, 0.2) is 54.2 Å². The van der Waals surface area contributed by atoms with Gasteiger partial charge in [-0.15, -0.1) is 11.3 Å². The van der Waals surface area contributed by atoms with Gasteiger partial charge in [0.1, 0.15) is 5.82 Å². The lowest BCUT2D eigenvalue weighted by molar-refractivity contribution is 0.0984. The standard InChI is InChI=1S/C22H24FN5OS/c1-26-10-3-11-27(13-12-26)22-25-19(16-30-22)15-28(20-7-5-18(23)6-8-20)21(29)17-4-2-9-24-14-17/h2,4-9,14,16H,3,10-13,15H2,1H3. The Morgan fingerprint density at radius 1 is 1.17 bits per heavy atom. The average molecular weight is 426 g/mol. The second kappa shape index (κ2) is 9.32. The Labute approximate surface area is 179 Å². The maximum absolute atomic E-state index is 13.4. The first-order valence-corrected chi connectivity index (χ1v) is 10.8. The molecule has 8 heteroatoms. The van der Waals surface area contributed by atoms with E-state index in [4.69, 9.17) is 4.98 Å². The van der Waals surface area contributed by atoms with Crippen LogP contribution >= 0.6 is 11.3 Å². The number of likely N-dealkylation sites (N-methyl/N-ethyl adjacent to an activating group) is 1. The van der Waals surface area contributed by atoms with Gasteiger partial charge >= 0.3 is 0 Å². The Kier molecular flexibility index (Phi) is 6.35. The van der Waals surface area contributed by atoms with Gasteiger partial charge in [0.15, 0.2) is 5.13 Å². The summed E-state index contributed by atoms with van der Waals surface area (Å²) in [7, 11) is 2.14. The number of pyridine rings is 1. The van der Waals surface area contributed by atoms with E-state index < -0.39 is 0 Å².